The first-order valence-corrected chi connectivity index (χ1v) is 11.7. The van der Waals surface area contributed by atoms with Crippen LogP contribution in [0.25, 0.3) is 0 Å². The molecule has 2 fully saturated rings. The van der Waals surface area contributed by atoms with Crippen molar-refractivity contribution in [1.82, 2.24) is 9.78 Å². The van der Waals surface area contributed by atoms with E-state index in [1.807, 2.05) is 17.7 Å². The van der Waals surface area contributed by atoms with Crippen molar-refractivity contribution >= 4 is 33.2 Å². The Bertz CT molecular complexity index is 1080. The van der Waals surface area contributed by atoms with Crippen LogP contribution in [0.5, 0.6) is 0 Å². The van der Waals surface area contributed by atoms with Gasteiger partial charge in [0.15, 0.2) is 9.84 Å². The molecular weight excluding hydrogens is 433 g/mol. The number of carbonyl (C=O) groups excluding carboxylic acids is 1. The molecule has 1 saturated carbocycles. The normalized spacial score (nSPS) is 22.2. The van der Waals surface area contributed by atoms with Gasteiger partial charge in [-0.1, -0.05) is 11.6 Å². The van der Waals surface area contributed by atoms with Crippen molar-refractivity contribution < 1.29 is 22.3 Å². The van der Waals surface area contributed by atoms with Gasteiger partial charge in [-0.15, -0.1) is 0 Å². The summed E-state index contributed by atoms with van der Waals surface area (Å²) in [6.45, 7) is 1.96. The van der Waals surface area contributed by atoms with Gasteiger partial charge in [0, 0.05) is 12.6 Å². The summed E-state index contributed by atoms with van der Waals surface area (Å²) in [6, 6.07) is 4.57. The van der Waals surface area contributed by atoms with Crippen molar-refractivity contribution in [3.8, 4) is 0 Å². The van der Waals surface area contributed by atoms with E-state index in [1.165, 1.54) is 13.2 Å². The third-order valence-electron chi connectivity index (χ3n) is 5.93. The first-order chi connectivity index (χ1) is 14.2. The van der Waals surface area contributed by atoms with Crippen LogP contribution in [0.2, 0.25) is 5.02 Å². The minimum Gasteiger partial charge on any atom is -0.467 e. The van der Waals surface area contributed by atoms with Gasteiger partial charge in [0.05, 0.1) is 34.0 Å². The highest BCUT2D eigenvalue weighted by Gasteiger charge is 2.46. The van der Waals surface area contributed by atoms with Crippen LogP contribution >= 0.6 is 11.6 Å². The van der Waals surface area contributed by atoms with Crippen LogP contribution in [0.4, 0.5) is 10.2 Å². The van der Waals surface area contributed by atoms with E-state index in [4.69, 9.17) is 16.3 Å². The fourth-order valence-corrected chi connectivity index (χ4v) is 6.37. The maximum absolute atomic E-state index is 13.4. The Hall–Kier alpha value is -2.13. The summed E-state index contributed by atoms with van der Waals surface area (Å²) < 4.78 is 46.8. The molecule has 30 heavy (non-hydrogen) atoms. The SMILES string of the molecule is COC(=O)C1C[C@@H](S(=O)(=O)c2ccc(F)cc2Cl)CN1c1cc(C)nn1C1CCC1. The predicted molar refractivity (Wildman–Crippen MR) is 110 cm³/mol. The molecule has 1 aliphatic heterocycles. The largest absolute Gasteiger partial charge is 0.467 e. The minimum absolute atomic E-state index is 0.0532. The monoisotopic (exact) mass is 455 g/mol. The first-order valence-electron chi connectivity index (χ1n) is 9.82. The first kappa shape index (κ1) is 21.1. The van der Waals surface area contributed by atoms with E-state index in [0.29, 0.717) is 0 Å². The Morgan fingerprint density at radius 2 is 2.03 bits per heavy atom. The zero-order chi connectivity index (χ0) is 21.6. The van der Waals surface area contributed by atoms with Crippen LogP contribution in [0, 0.1) is 12.7 Å². The summed E-state index contributed by atoms with van der Waals surface area (Å²) in [5.41, 5.74) is 0.799. The topological polar surface area (TPSA) is 81.5 Å². The number of carbonyl (C=O) groups is 1. The number of aromatic nitrogens is 2. The van der Waals surface area contributed by atoms with Crippen molar-refractivity contribution in [3.05, 3.63) is 40.8 Å². The molecule has 1 aromatic carbocycles. The van der Waals surface area contributed by atoms with Gasteiger partial charge < -0.3 is 9.64 Å². The molecule has 4 rings (SSSR count). The van der Waals surface area contributed by atoms with E-state index in [1.54, 1.807) is 4.90 Å². The molecule has 2 heterocycles. The number of benzene rings is 1. The third-order valence-corrected chi connectivity index (χ3v) is 8.54. The number of rotatable bonds is 5. The molecule has 1 unspecified atom stereocenters. The highest BCUT2D eigenvalue weighted by atomic mass is 35.5. The van der Waals surface area contributed by atoms with Crippen LogP contribution in [-0.4, -0.2) is 49.1 Å². The number of hydrogen-bond donors (Lipinski definition) is 0. The molecule has 2 aliphatic rings. The van der Waals surface area contributed by atoms with Crippen molar-refractivity contribution in [3.63, 3.8) is 0 Å². The lowest BCUT2D eigenvalue weighted by Gasteiger charge is -2.32. The molecule has 2 aromatic rings. The zero-order valence-corrected chi connectivity index (χ0v) is 18.3. The predicted octanol–water partition coefficient (Wildman–Crippen LogP) is 3.30. The molecule has 1 aromatic heterocycles. The van der Waals surface area contributed by atoms with Crippen molar-refractivity contribution in [1.29, 1.82) is 0 Å². The van der Waals surface area contributed by atoms with Crippen molar-refractivity contribution in [2.75, 3.05) is 18.6 Å². The Labute approximate surface area is 179 Å². The molecule has 7 nitrogen and oxygen atoms in total. The van der Waals surface area contributed by atoms with E-state index in [-0.39, 0.29) is 28.9 Å². The molecule has 1 aliphatic carbocycles. The van der Waals surface area contributed by atoms with Crippen LogP contribution in [-0.2, 0) is 19.4 Å². The number of methoxy groups -OCH3 is 1. The maximum Gasteiger partial charge on any atom is 0.328 e. The molecule has 162 valence electrons. The standard InChI is InChI=1S/C20H23ClFN3O4S/c1-12-8-19(25(23-12)14-4-3-5-14)24-11-15(10-17(24)20(26)29-2)30(27,28)18-7-6-13(22)9-16(18)21/h6-9,14-15,17H,3-5,10-11H2,1-2H3/t15-,17?/m1/s1. The van der Waals surface area contributed by atoms with Crippen LogP contribution < -0.4 is 4.90 Å². The number of halogens is 2. The Balaban J connectivity index is 1.71. The molecule has 0 amide bonds. The van der Waals surface area contributed by atoms with Crippen molar-refractivity contribution in [2.45, 2.75) is 54.8 Å². The fraction of sp³-hybridized carbons (Fsp3) is 0.500. The molecule has 2 atom stereocenters. The van der Waals surface area contributed by atoms with Gasteiger partial charge in [0.1, 0.15) is 17.7 Å². The number of nitrogens with zero attached hydrogens (tertiary/aromatic N) is 3. The van der Waals surface area contributed by atoms with E-state index in [0.717, 1.165) is 42.9 Å². The summed E-state index contributed by atoms with van der Waals surface area (Å²) in [5.74, 6) is -0.397. The van der Waals surface area contributed by atoms with E-state index >= 15 is 0 Å². The molecular formula is C20H23ClFN3O4S. The van der Waals surface area contributed by atoms with Gasteiger partial charge in [0.25, 0.3) is 0 Å². The zero-order valence-electron chi connectivity index (χ0n) is 16.7. The summed E-state index contributed by atoms with van der Waals surface area (Å²) in [5, 5.41) is 3.51. The number of ether oxygens (including phenoxy) is 1. The molecule has 0 N–H and O–H groups in total. The average molecular weight is 456 g/mol. The Morgan fingerprint density at radius 3 is 2.63 bits per heavy atom. The van der Waals surface area contributed by atoms with Crippen molar-refractivity contribution in [2.24, 2.45) is 0 Å². The summed E-state index contributed by atoms with van der Waals surface area (Å²) in [6.07, 6.45) is 3.16. The van der Waals surface area contributed by atoms with E-state index in [9.17, 15) is 17.6 Å². The number of aryl methyl sites for hydroxylation is 1. The third kappa shape index (κ3) is 3.58. The van der Waals surface area contributed by atoms with Gasteiger partial charge in [-0.3, -0.25) is 0 Å². The highest BCUT2D eigenvalue weighted by molar-refractivity contribution is 7.92. The van der Waals surface area contributed by atoms with Crippen LogP contribution in [0.15, 0.2) is 29.2 Å². The number of anilines is 1. The second-order valence-corrected chi connectivity index (χ2v) is 10.4. The summed E-state index contributed by atoms with van der Waals surface area (Å²) in [7, 11) is -2.61. The number of hydrogen-bond acceptors (Lipinski definition) is 6. The molecule has 0 bridgehead atoms. The fourth-order valence-electron chi connectivity index (χ4n) is 4.14. The Morgan fingerprint density at radius 1 is 1.30 bits per heavy atom. The number of sulfone groups is 1. The molecule has 0 spiro atoms. The van der Waals surface area contributed by atoms with Crippen LogP contribution in [0.3, 0.4) is 0 Å². The Kier molecular flexibility index (Phi) is 5.52. The lowest BCUT2D eigenvalue weighted by atomic mass is 9.93. The maximum atomic E-state index is 13.4. The quantitative estimate of drug-likeness (QED) is 0.508. The van der Waals surface area contributed by atoms with Gasteiger partial charge in [-0.2, -0.15) is 5.10 Å². The summed E-state index contributed by atoms with van der Waals surface area (Å²) >= 11 is 6.03. The van der Waals surface area contributed by atoms with Gasteiger partial charge in [0.2, 0.25) is 0 Å². The lowest BCUT2D eigenvalue weighted by Crippen LogP contribution is -2.39. The van der Waals surface area contributed by atoms with Gasteiger partial charge >= 0.3 is 5.97 Å². The van der Waals surface area contributed by atoms with Gasteiger partial charge in [-0.25, -0.2) is 22.3 Å². The molecule has 0 radical (unpaired) electrons. The molecule has 1 saturated heterocycles. The van der Waals surface area contributed by atoms with E-state index in [2.05, 4.69) is 5.10 Å². The second-order valence-electron chi connectivity index (χ2n) is 7.84. The highest BCUT2D eigenvalue weighted by Crippen LogP contribution is 2.39. The van der Waals surface area contributed by atoms with Gasteiger partial charge in [-0.05, 0) is 50.8 Å². The average Bonchev–Trinajstić information content (AvgIpc) is 3.23. The van der Waals surface area contributed by atoms with Crippen LogP contribution in [0.1, 0.15) is 37.4 Å². The smallest absolute Gasteiger partial charge is 0.328 e. The number of esters is 1. The second kappa shape index (κ2) is 7.85. The molecule has 10 heteroatoms. The minimum atomic E-state index is -3.90. The lowest BCUT2D eigenvalue weighted by molar-refractivity contribution is -0.141. The van der Waals surface area contributed by atoms with E-state index < -0.39 is 32.9 Å². The summed E-state index contributed by atoms with van der Waals surface area (Å²) in [4.78, 5) is 14.2.